The number of ether oxygens (including phenoxy) is 1. The SMILES string of the molecule is Cc1cc(Oc2ccc(C(=O)NC3C4CCN(CC4)C3C)cc2)no1. The Labute approximate surface area is 147 Å². The lowest BCUT2D eigenvalue weighted by molar-refractivity contribution is 0.0217. The molecule has 3 aliphatic rings. The van der Waals surface area contributed by atoms with Crippen LogP contribution in [0.5, 0.6) is 11.6 Å². The zero-order valence-electron chi connectivity index (χ0n) is 14.6. The van der Waals surface area contributed by atoms with Crippen molar-refractivity contribution in [2.45, 2.75) is 38.8 Å². The van der Waals surface area contributed by atoms with Crippen molar-refractivity contribution in [1.82, 2.24) is 15.4 Å². The number of hydrogen-bond donors (Lipinski definition) is 1. The second-order valence-electron chi connectivity index (χ2n) is 7.02. The minimum Gasteiger partial charge on any atom is -0.436 e. The third kappa shape index (κ3) is 3.26. The average Bonchev–Trinajstić information content (AvgIpc) is 3.04. The van der Waals surface area contributed by atoms with Crippen molar-refractivity contribution in [1.29, 1.82) is 0 Å². The predicted molar refractivity (Wildman–Crippen MR) is 92.8 cm³/mol. The second kappa shape index (κ2) is 6.52. The first-order chi connectivity index (χ1) is 12.1. The van der Waals surface area contributed by atoms with E-state index in [4.69, 9.17) is 9.26 Å². The van der Waals surface area contributed by atoms with Gasteiger partial charge in [-0.1, -0.05) is 0 Å². The molecule has 25 heavy (non-hydrogen) atoms. The van der Waals surface area contributed by atoms with Crippen molar-refractivity contribution >= 4 is 5.91 Å². The number of benzene rings is 1. The van der Waals surface area contributed by atoms with E-state index in [9.17, 15) is 4.79 Å². The molecule has 1 aromatic carbocycles. The minimum atomic E-state index is -0.0190. The van der Waals surface area contributed by atoms with Gasteiger partial charge < -0.3 is 14.6 Å². The van der Waals surface area contributed by atoms with E-state index in [2.05, 4.69) is 22.3 Å². The van der Waals surface area contributed by atoms with Crippen LogP contribution >= 0.6 is 0 Å². The smallest absolute Gasteiger partial charge is 0.259 e. The summed E-state index contributed by atoms with van der Waals surface area (Å²) in [4.78, 5) is 15.1. The van der Waals surface area contributed by atoms with Gasteiger partial charge in [0.25, 0.3) is 11.8 Å². The van der Waals surface area contributed by atoms with E-state index < -0.39 is 0 Å². The van der Waals surface area contributed by atoms with Gasteiger partial charge in [-0.25, -0.2) is 0 Å². The molecule has 2 atom stereocenters. The third-order valence-electron chi connectivity index (χ3n) is 5.42. The van der Waals surface area contributed by atoms with E-state index in [1.165, 1.54) is 12.8 Å². The van der Waals surface area contributed by atoms with Gasteiger partial charge in [0.05, 0.1) is 0 Å². The Balaban J connectivity index is 1.40. The monoisotopic (exact) mass is 341 g/mol. The molecule has 2 unspecified atom stereocenters. The fraction of sp³-hybridized carbons (Fsp3) is 0.474. The van der Waals surface area contributed by atoms with Crippen molar-refractivity contribution in [3.8, 4) is 11.6 Å². The van der Waals surface area contributed by atoms with Crippen LogP contribution in [0.3, 0.4) is 0 Å². The standard InChI is InChI=1S/C19H23N3O3/c1-12-11-17(21-25-12)24-16-5-3-15(4-6-16)19(23)20-18-13(2)22-9-7-14(18)8-10-22/h3-6,11,13-14,18H,7-10H2,1-2H3,(H,20,23). The minimum absolute atomic E-state index is 0.0190. The van der Waals surface area contributed by atoms with Gasteiger partial charge in [0.2, 0.25) is 0 Å². The van der Waals surface area contributed by atoms with Crippen molar-refractivity contribution in [3.63, 3.8) is 0 Å². The Morgan fingerprint density at radius 2 is 2.00 bits per heavy atom. The summed E-state index contributed by atoms with van der Waals surface area (Å²) < 4.78 is 10.6. The molecule has 2 aromatic rings. The summed E-state index contributed by atoms with van der Waals surface area (Å²) >= 11 is 0. The Morgan fingerprint density at radius 3 is 2.60 bits per heavy atom. The Morgan fingerprint density at radius 1 is 1.28 bits per heavy atom. The highest BCUT2D eigenvalue weighted by molar-refractivity contribution is 5.94. The topological polar surface area (TPSA) is 67.6 Å². The van der Waals surface area contributed by atoms with E-state index in [0.717, 1.165) is 13.1 Å². The summed E-state index contributed by atoms with van der Waals surface area (Å²) in [5.41, 5.74) is 0.646. The molecule has 3 saturated heterocycles. The molecule has 0 radical (unpaired) electrons. The van der Waals surface area contributed by atoms with E-state index in [0.29, 0.717) is 34.9 Å². The highest BCUT2D eigenvalue weighted by Gasteiger charge is 2.40. The average molecular weight is 341 g/mol. The zero-order valence-corrected chi connectivity index (χ0v) is 14.6. The van der Waals surface area contributed by atoms with Gasteiger partial charge in [-0.2, -0.15) is 0 Å². The van der Waals surface area contributed by atoms with Crippen LogP contribution in [-0.2, 0) is 0 Å². The predicted octanol–water partition coefficient (Wildman–Crippen LogP) is 2.99. The number of fused-ring (bicyclic) bond motifs is 3. The third-order valence-corrected chi connectivity index (χ3v) is 5.42. The quantitative estimate of drug-likeness (QED) is 0.926. The van der Waals surface area contributed by atoms with E-state index in [1.807, 2.05) is 6.92 Å². The molecule has 2 bridgehead atoms. The highest BCUT2D eigenvalue weighted by Crippen LogP contribution is 2.32. The number of aromatic nitrogens is 1. The maximum Gasteiger partial charge on any atom is 0.259 e. The van der Waals surface area contributed by atoms with Crippen molar-refractivity contribution in [2.24, 2.45) is 5.92 Å². The molecule has 1 N–H and O–H groups in total. The summed E-state index contributed by atoms with van der Waals surface area (Å²) in [6.45, 7) is 6.34. The van der Waals surface area contributed by atoms with Crippen LogP contribution in [0, 0.1) is 12.8 Å². The fourth-order valence-corrected chi connectivity index (χ4v) is 3.97. The van der Waals surface area contributed by atoms with Crippen molar-refractivity contribution in [3.05, 3.63) is 41.7 Å². The molecule has 3 fully saturated rings. The van der Waals surface area contributed by atoms with Gasteiger partial charge in [-0.15, -0.1) is 0 Å². The number of rotatable bonds is 4. The number of hydrogen-bond acceptors (Lipinski definition) is 5. The molecule has 1 amide bonds. The first kappa shape index (κ1) is 16.1. The lowest BCUT2D eigenvalue weighted by Crippen LogP contribution is -2.62. The molecule has 4 heterocycles. The van der Waals surface area contributed by atoms with Crippen molar-refractivity contribution in [2.75, 3.05) is 13.1 Å². The zero-order chi connectivity index (χ0) is 17.4. The summed E-state index contributed by atoms with van der Waals surface area (Å²) in [6, 6.07) is 9.49. The lowest BCUT2D eigenvalue weighted by atomic mass is 9.79. The molecular weight excluding hydrogens is 318 g/mol. The van der Waals surface area contributed by atoms with Crippen LogP contribution < -0.4 is 10.1 Å². The first-order valence-corrected chi connectivity index (χ1v) is 8.86. The number of carbonyl (C=O) groups is 1. The van der Waals surface area contributed by atoms with E-state index in [1.54, 1.807) is 30.3 Å². The van der Waals surface area contributed by atoms with Crippen LogP contribution in [0.2, 0.25) is 0 Å². The van der Waals surface area contributed by atoms with Crippen molar-refractivity contribution < 1.29 is 14.1 Å². The van der Waals surface area contributed by atoms with Gasteiger partial charge >= 0.3 is 0 Å². The number of amides is 1. The maximum atomic E-state index is 12.6. The molecule has 5 rings (SSSR count). The number of aryl methyl sites for hydroxylation is 1. The van der Waals surface area contributed by atoms with Gasteiger partial charge in [-0.3, -0.25) is 9.69 Å². The van der Waals surface area contributed by atoms with Gasteiger partial charge in [0.1, 0.15) is 11.5 Å². The van der Waals surface area contributed by atoms with E-state index in [-0.39, 0.29) is 11.9 Å². The maximum absolute atomic E-state index is 12.6. The molecule has 0 saturated carbocycles. The molecule has 1 aromatic heterocycles. The summed E-state index contributed by atoms with van der Waals surface area (Å²) in [5.74, 6) is 2.31. The largest absolute Gasteiger partial charge is 0.436 e. The normalized spacial score (nSPS) is 27.9. The number of nitrogens with zero attached hydrogens (tertiary/aromatic N) is 2. The van der Waals surface area contributed by atoms with E-state index >= 15 is 0 Å². The first-order valence-electron chi connectivity index (χ1n) is 8.86. The van der Waals surface area contributed by atoms with Crippen LogP contribution in [0.4, 0.5) is 0 Å². The van der Waals surface area contributed by atoms with Gasteiger partial charge in [-0.05, 0) is 75.1 Å². The Bertz CT molecular complexity index is 746. The molecule has 0 spiro atoms. The molecular formula is C19H23N3O3. The summed E-state index contributed by atoms with van der Waals surface area (Å²) in [7, 11) is 0. The Kier molecular flexibility index (Phi) is 4.21. The molecule has 6 heteroatoms. The van der Waals surface area contributed by atoms with Gasteiger partial charge in [0.15, 0.2) is 0 Å². The Hall–Kier alpha value is -2.34. The van der Waals surface area contributed by atoms with Crippen LogP contribution in [0.15, 0.2) is 34.9 Å². The second-order valence-corrected chi connectivity index (χ2v) is 7.02. The summed E-state index contributed by atoms with van der Waals surface area (Å²) in [5, 5.41) is 7.04. The number of carbonyl (C=O) groups excluding carboxylic acids is 1. The fourth-order valence-electron chi connectivity index (χ4n) is 3.97. The lowest BCUT2D eigenvalue weighted by Gasteiger charge is -2.49. The highest BCUT2D eigenvalue weighted by atomic mass is 16.5. The number of nitrogens with one attached hydrogen (secondary N) is 1. The van der Waals surface area contributed by atoms with Crippen LogP contribution in [-0.4, -0.2) is 41.1 Å². The van der Waals surface area contributed by atoms with Gasteiger partial charge in [0, 0.05) is 23.7 Å². The van der Waals surface area contributed by atoms with Crippen LogP contribution in [0.25, 0.3) is 0 Å². The molecule has 3 aliphatic heterocycles. The number of piperidine rings is 3. The molecule has 132 valence electrons. The molecule has 6 nitrogen and oxygen atoms in total. The molecule has 0 aliphatic carbocycles. The summed E-state index contributed by atoms with van der Waals surface area (Å²) in [6.07, 6.45) is 2.36. The van der Waals surface area contributed by atoms with Crippen LogP contribution in [0.1, 0.15) is 35.9 Å².